The van der Waals surface area contributed by atoms with Crippen LogP contribution in [0.4, 0.5) is 0 Å². The van der Waals surface area contributed by atoms with Gasteiger partial charge in [-0.2, -0.15) is 5.10 Å². The number of rotatable bonds is 2. The lowest BCUT2D eigenvalue weighted by molar-refractivity contribution is 0.771. The predicted octanol–water partition coefficient (Wildman–Crippen LogP) is 3.46. The van der Waals surface area contributed by atoms with Gasteiger partial charge in [-0.25, -0.2) is 0 Å². The zero-order valence-electron chi connectivity index (χ0n) is 12.4. The number of hydrogen-bond acceptors (Lipinski definition) is 3. The number of fused-ring (bicyclic) bond motifs is 1. The molecule has 1 aliphatic rings. The van der Waals surface area contributed by atoms with E-state index in [9.17, 15) is 0 Å². The second kappa shape index (κ2) is 4.91. The maximum Gasteiger partial charge on any atom is 0.100 e. The Balaban J connectivity index is 1.86. The number of nitrogens with zero attached hydrogens (tertiary/aromatic N) is 3. The largest absolute Gasteiger partial charge is 0.305 e. The molecule has 0 aliphatic heterocycles. The Morgan fingerprint density at radius 2 is 1.82 bits per heavy atom. The van der Waals surface area contributed by atoms with Crippen LogP contribution in [0.2, 0.25) is 0 Å². The van der Waals surface area contributed by atoms with E-state index < -0.39 is 0 Å². The van der Waals surface area contributed by atoms with E-state index in [2.05, 4.69) is 34.5 Å². The molecule has 0 amide bonds. The van der Waals surface area contributed by atoms with Crippen LogP contribution in [0.5, 0.6) is 0 Å². The van der Waals surface area contributed by atoms with Gasteiger partial charge in [-0.15, -0.1) is 0 Å². The minimum atomic E-state index is 0.752. The molecule has 4 heteroatoms. The van der Waals surface area contributed by atoms with Gasteiger partial charge in [-0.3, -0.25) is 9.67 Å². The fourth-order valence-corrected chi connectivity index (χ4v) is 3.08. The van der Waals surface area contributed by atoms with E-state index in [-0.39, 0.29) is 0 Å². The van der Waals surface area contributed by atoms with Crippen LogP contribution in [0, 0.1) is 5.41 Å². The Bertz CT molecular complexity index is 862. The molecule has 4 nitrogen and oxygen atoms in total. The van der Waals surface area contributed by atoms with Gasteiger partial charge in [0, 0.05) is 42.5 Å². The highest BCUT2D eigenvalue weighted by Gasteiger charge is 2.18. The summed E-state index contributed by atoms with van der Waals surface area (Å²) in [6.45, 7) is 0. The highest BCUT2D eigenvalue weighted by molar-refractivity contribution is 6.03. The maximum absolute atomic E-state index is 7.96. The van der Waals surface area contributed by atoms with Crippen molar-refractivity contribution in [2.45, 2.75) is 12.8 Å². The van der Waals surface area contributed by atoms with Gasteiger partial charge < -0.3 is 5.41 Å². The highest BCUT2D eigenvalue weighted by atomic mass is 15.2. The summed E-state index contributed by atoms with van der Waals surface area (Å²) in [5.74, 6) is 0. The van der Waals surface area contributed by atoms with Gasteiger partial charge in [0.2, 0.25) is 0 Å². The summed E-state index contributed by atoms with van der Waals surface area (Å²) in [5.41, 5.74) is 7.44. The van der Waals surface area contributed by atoms with Crippen LogP contribution in [0.3, 0.4) is 0 Å². The molecule has 0 bridgehead atoms. The molecular weight excluding hydrogens is 272 g/mol. The van der Waals surface area contributed by atoms with E-state index >= 15 is 0 Å². The lowest BCUT2D eigenvalue weighted by Gasteiger charge is -2.05. The van der Waals surface area contributed by atoms with E-state index in [1.807, 2.05) is 23.9 Å². The summed E-state index contributed by atoms with van der Waals surface area (Å²) in [6.07, 6.45) is 7.45. The third kappa shape index (κ3) is 2.04. The Labute approximate surface area is 129 Å². The number of pyridine rings is 1. The van der Waals surface area contributed by atoms with Gasteiger partial charge in [0.05, 0.1) is 0 Å². The van der Waals surface area contributed by atoms with Crippen molar-refractivity contribution < 1.29 is 0 Å². The number of nitrogens with one attached hydrogen (secondary N) is 1. The van der Waals surface area contributed by atoms with Gasteiger partial charge in [-0.1, -0.05) is 18.2 Å². The van der Waals surface area contributed by atoms with Crippen molar-refractivity contribution in [2.75, 3.05) is 0 Å². The molecule has 3 aromatic rings. The molecule has 0 saturated carbocycles. The number of aryl methyl sites for hydroxylation is 2. The molecule has 1 aromatic carbocycles. The maximum atomic E-state index is 7.96. The van der Waals surface area contributed by atoms with Gasteiger partial charge in [0.15, 0.2) is 0 Å². The van der Waals surface area contributed by atoms with Crippen molar-refractivity contribution in [3.05, 3.63) is 60.0 Å². The summed E-state index contributed by atoms with van der Waals surface area (Å²) in [6, 6.07) is 10.3. The molecule has 0 fully saturated rings. The molecule has 0 atom stereocenters. The number of hydrogen-bond donors (Lipinski definition) is 1. The average Bonchev–Trinajstić information content (AvgIpc) is 3.11. The minimum Gasteiger partial charge on any atom is -0.305 e. The molecule has 0 unspecified atom stereocenters. The minimum absolute atomic E-state index is 0.752. The first-order chi connectivity index (χ1) is 10.7. The third-order valence-corrected chi connectivity index (χ3v) is 4.17. The Morgan fingerprint density at radius 1 is 1.00 bits per heavy atom. The molecule has 2 heterocycles. The SMILES string of the molecule is Cn1cc(-c2ccc3c(c2)CCC3=N)c(-c2ccncc2)n1. The average molecular weight is 288 g/mol. The first-order valence-electron chi connectivity index (χ1n) is 7.37. The Hall–Kier alpha value is -2.75. The van der Waals surface area contributed by atoms with E-state index in [4.69, 9.17) is 5.41 Å². The van der Waals surface area contributed by atoms with Crippen LogP contribution in [0.25, 0.3) is 22.4 Å². The molecule has 0 saturated heterocycles. The second-order valence-electron chi connectivity index (χ2n) is 5.65. The zero-order chi connectivity index (χ0) is 15.1. The van der Waals surface area contributed by atoms with Crippen LogP contribution in [-0.2, 0) is 13.5 Å². The van der Waals surface area contributed by atoms with Gasteiger partial charge in [-0.05, 0) is 41.7 Å². The van der Waals surface area contributed by atoms with Crippen molar-refractivity contribution in [2.24, 2.45) is 7.05 Å². The van der Waals surface area contributed by atoms with E-state index in [0.717, 1.165) is 46.5 Å². The molecule has 2 aromatic heterocycles. The molecule has 4 rings (SSSR count). The Kier molecular flexibility index (Phi) is 2.89. The molecule has 0 spiro atoms. The molecular formula is C18H16N4. The van der Waals surface area contributed by atoms with Gasteiger partial charge >= 0.3 is 0 Å². The first kappa shape index (κ1) is 13.0. The van der Waals surface area contributed by atoms with E-state index in [0.29, 0.717) is 0 Å². The molecule has 1 aliphatic carbocycles. The molecule has 0 radical (unpaired) electrons. The van der Waals surface area contributed by atoms with Crippen molar-refractivity contribution in [1.82, 2.24) is 14.8 Å². The quantitative estimate of drug-likeness (QED) is 0.785. The first-order valence-corrected chi connectivity index (χ1v) is 7.37. The van der Waals surface area contributed by atoms with Crippen molar-refractivity contribution in [3.63, 3.8) is 0 Å². The normalized spacial score (nSPS) is 13.4. The van der Waals surface area contributed by atoms with Gasteiger partial charge in [0.1, 0.15) is 5.69 Å². The number of aromatic nitrogens is 3. The smallest absolute Gasteiger partial charge is 0.100 e. The second-order valence-corrected chi connectivity index (χ2v) is 5.65. The fourth-order valence-electron chi connectivity index (χ4n) is 3.08. The van der Waals surface area contributed by atoms with Crippen LogP contribution < -0.4 is 0 Å². The molecule has 22 heavy (non-hydrogen) atoms. The van der Waals surface area contributed by atoms with E-state index in [1.54, 1.807) is 12.4 Å². The summed E-state index contributed by atoms with van der Waals surface area (Å²) in [4.78, 5) is 4.08. The van der Waals surface area contributed by atoms with Crippen molar-refractivity contribution in [1.29, 1.82) is 5.41 Å². The Morgan fingerprint density at radius 3 is 2.64 bits per heavy atom. The highest BCUT2D eigenvalue weighted by Crippen LogP contribution is 2.33. The zero-order valence-corrected chi connectivity index (χ0v) is 12.4. The molecule has 1 N–H and O–H groups in total. The standard InChI is InChI=1S/C18H16N4/c1-22-11-16(18(21-22)12-6-8-20-9-7-12)14-2-4-15-13(10-14)3-5-17(15)19/h2,4,6-11,19H,3,5H2,1H3. The van der Waals surface area contributed by atoms with Crippen LogP contribution >= 0.6 is 0 Å². The van der Waals surface area contributed by atoms with Crippen LogP contribution in [0.15, 0.2) is 48.9 Å². The third-order valence-electron chi connectivity index (χ3n) is 4.17. The van der Waals surface area contributed by atoms with Crippen LogP contribution in [0.1, 0.15) is 17.5 Å². The lowest BCUT2D eigenvalue weighted by Crippen LogP contribution is -1.91. The van der Waals surface area contributed by atoms with Crippen molar-refractivity contribution in [3.8, 4) is 22.4 Å². The predicted molar refractivity (Wildman–Crippen MR) is 87.0 cm³/mol. The summed E-state index contributed by atoms with van der Waals surface area (Å²) < 4.78 is 1.85. The molecule has 108 valence electrons. The fraction of sp³-hybridized carbons (Fsp3) is 0.167. The summed E-state index contributed by atoms with van der Waals surface area (Å²) in [5, 5.41) is 12.6. The monoisotopic (exact) mass is 288 g/mol. The van der Waals surface area contributed by atoms with E-state index in [1.165, 1.54) is 5.56 Å². The summed E-state index contributed by atoms with van der Waals surface area (Å²) in [7, 11) is 1.94. The summed E-state index contributed by atoms with van der Waals surface area (Å²) >= 11 is 0. The van der Waals surface area contributed by atoms with Crippen LogP contribution in [-0.4, -0.2) is 20.5 Å². The lowest BCUT2D eigenvalue weighted by atomic mass is 9.98. The van der Waals surface area contributed by atoms with Gasteiger partial charge in [0.25, 0.3) is 0 Å². The topological polar surface area (TPSA) is 54.6 Å². The van der Waals surface area contributed by atoms with Crippen molar-refractivity contribution >= 4 is 5.71 Å². The number of benzene rings is 1.